The average molecular weight is 1340 g/mol. The first-order valence-electron chi connectivity index (χ1n) is 25.8. The van der Waals surface area contributed by atoms with Crippen molar-refractivity contribution in [2.24, 2.45) is 0 Å². The number of aryl methyl sites for hydroxylation is 2. The molecule has 88 heavy (non-hydrogen) atoms. The third-order valence-corrected chi connectivity index (χ3v) is 13.3. The van der Waals surface area contributed by atoms with Crippen molar-refractivity contribution in [3.8, 4) is 0 Å². The summed E-state index contributed by atoms with van der Waals surface area (Å²) in [6.45, 7) is 6.29. The third-order valence-electron chi connectivity index (χ3n) is 13.0. The fraction of sp³-hybridized carbons (Fsp3) is 0.305. The summed E-state index contributed by atoms with van der Waals surface area (Å²) in [4.78, 5) is 98.1. The second kappa shape index (κ2) is 33.8. The number of nitrogens with zero attached hydrogens (tertiary/aromatic N) is 13. The monoisotopic (exact) mass is 1340 g/mol. The molecule has 0 fully saturated rings. The molecule has 0 spiro atoms. The van der Waals surface area contributed by atoms with E-state index in [1.807, 2.05) is 111 Å². The zero-order valence-electron chi connectivity index (χ0n) is 52.9. The minimum atomic E-state index is -1.28. The molecular formula is C59H71BClN13Na2O11Pd. The van der Waals surface area contributed by atoms with E-state index in [-0.39, 0.29) is 122 Å². The Morgan fingerprint density at radius 3 is 1.00 bits per heavy atom. The normalized spacial score (nSPS) is 10.2. The van der Waals surface area contributed by atoms with Crippen molar-refractivity contribution in [3.05, 3.63) is 132 Å². The number of anilines is 6. The van der Waals surface area contributed by atoms with Gasteiger partial charge in [0.25, 0.3) is 0 Å². The molecule has 6 aromatic heterocycles. The number of carbonyl (C=O) groups is 3. The maximum absolute atomic E-state index is 13.1. The summed E-state index contributed by atoms with van der Waals surface area (Å²) in [7, 11) is 20.9. The van der Waals surface area contributed by atoms with Gasteiger partial charge in [0.15, 0.2) is 16.3 Å². The van der Waals surface area contributed by atoms with E-state index in [1.165, 1.54) is 11.4 Å². The van der Waals surface area contributed by atoms with Gasteiger partial charge in [0, 0.05) is 101 Å². The van der Waals surface area contributed by atoms with Crippen LogP contribution in [0.5, 0.6) is 0 Å². The maximum atomic E-state index is 13.1. The van der Waals surface area contributed by atoms with E-state index < -0.39 is 31.6 Å². The summed E-state index contributed by atoms with van der Waals surface area (Å²) in [5, 5.41) is 57.2. The molecular weight excluding hydrogens is 1270 g/mol. The molecule has 0 aliphatic rings. The largest absolute Gasteiger partial charge is 2.00 e. The van der Waals surface area contributed by atoms with Crippen molar-refractivity contribution in [3.63, 3.8) is 0 Å². The number of fused-ring (bicyclic) bond motifs is 6. The van der Waals surface area contributed by atoms with Crippen molar-refractivity contribution in [1.29, 1.82) is 0 Å². The van der Waals surface area contributed by atoms with Gasteiger partial charge in [0.2, 0.25) is 0 Å². The summed E-state index contributed by atoms with van der Waals surface area (Å²) >= 11 is 6.34. The minimum absolute atomic E-state index is 0. The standard InChI is InChI=1S/2C19H22N4O3.C18H19ClN4O3.CH5BO2.CH2N.CH3.2Na.Pd/c2*1-11-6-7-12-17(16(11)22(4)5)23(10-15(24)25)19-13(18(12)26)8-9-14(20-19)21(2)3;1-21(2)13-8-6-11-17(26)10-5-7-12(19)16(22(3)4)15(10)23(9-14(24)25)18(11)20-13;1-2(3)4;1-2;;;;/h2*6-9H,10H2,1-5H3,(H,24,25);5-8H,9H2,1-4H3,(H,24,25);3-4H,1H3;1H2;1H3;;;/q;;;;2*-1;2*+1;+2/p-2. The average Bonchev–Trinajstić information content (AvgIpc) is 2.00. The molecule has 0 atom stereocenters. The fourth-order valence-corrected chi connectivity index (χ4v) is 9.98. The molecule has 0 aliphatic carbocycles. The van der Waals surface area contributed by atoms with Gasteiger partial charge in [-0.15, -0.1) is 0 Å². The molecule has 0 saturated carbocycles. The number of carboxylic acids is 3. The summed E-state index contributed by atoms with van der Waals surface area (Å²) in [6, 6.07) is 20.8. The fourth-order valence-electron chi connectivity index (χ4n) is 9.66. The van der Waals surface area contributed by atoms with Gasteiger partial charge in [0.1, 0.15) is 40.9 Å². The van der Waals surface area contributed by atoms with Crippen LogP contribution in [-0.4, -0.2) is 160 Å². The van der Waals surface area contributed by atoms with Crippen molar-refractivity contribution >= 4 is 144 Å². The van der Waals surface area contributed by atoms with Gasteiger partial charge in [-0.05, 0) is 92.5 Å². The smallest absolute Gasteiger partial charge is 0.817 e. The molecule has 3 N–H and O–H groups in total. The van der Waals surface area contributed by atoms with Crippen molar-refractivity contribution in [2.45, 2.75) is 40.3 Å². The molecule has 9 aromatic rings. The Kier molecular flexibility index (Phi) is 30.5. The SMILES string of the molecule is C=[N-].CB(O)O.CN(C)c1ccc2c(=O)c3ccc(Cl)c(N(C)C)c3n(CC(=O)[O-])c2n1.Cc1ccc2c(=O)c3ccc(N(C)C)nc3n(CC(=O)O)c2c1N(C)C.Cc1ccc2c(=O)c3ccc(N(C)C)nc3n(CC(=O)[O-])c2c1N(C)C.[CH3-].[Na+].[Na+].[Pd+2]. The van der Waals surface area contributed by atoms with Crippen LogP contribution in [0.1, 0.15) is 11.1 Å². The molecule has 0 radical (unpaired) electrons. The van der Waals surface area contributed by atoms with Gasteiger partial charge in [-0.2, -0.15) is 0 Å². The van der Waals surface area contributed by atoms with Crippen LogP contribution in [0.25, 0.3) is 71.2 Å². The Morgan fingerprint density at radius 2 is 0.750 bits per heavy atom. The molecule has 460 valence electrons. The van der Waals surface area contributed by atoms with Crippen LogP contribution >= 0.6 is 11.6 Å². The van der Waals surface area contributed by atoms with Crippen molar-refractivity contribution < 1.29 is 119 Å². The second-order valence-corrected chi connectivity index (χ2v) is 21.0. The number of rotatable bonds is 12. The van der Waals surface area contributed by atoms with Crippen LogP contribution in [0.3, 0.4) is 0 Å². The number of carbonyl (C=O) groups excluding carboxylic acids is 2. The van der Waals surface area contributed by atoms with Gasteiger partial charge in [0.05, 0.1) is 79.8 Å². The summed E-state index contributed by atoms with van der Waals surface area (Å²) in [5.74, 6) is -1.59. The van der Waals surface area contributed by atoms with E-state index in [0.29, 0.717) is 88.3 Å². The third kappa shape index (κ3) is 17.4. The Balaban J connectivity index is 0.000000617. The van der Waals surface area contributed by atoms with Crippen LogP contribution in [0, 0.1) is 21.3 Å². The molecule has 6 heterocycles. The Bertz CT molecular complexity index is 3790. The predicted octanol–water partition coefficient (Wildman–Crippen LogP) is -2.30. The minimum Gasteiger partial charge on any atom is -0.817 e. The maximum Gasteiger partial charge on any atom is 2.00 e. The topological polar surface area (TPSA) is 304 Å². The van der Waals surface area contributed by atoms with E-state index in [0.717, 1.165) is 22.5 Å². The van der Waals surface area contributed by atoms with E-state index in [2.05, 4.69) is 21.7 Å². The molecule has 24 nitrogen and oxygen atoms in total. The number of carboxylic acid groups (broad SMARTS) is 3. The Labute approximate surface area is 573 Å². The quantitative estimate of drug-likeness (QED) is 0.0502. The van der Waals surface area contributed by atoms with Gasteiger partial charge in [-0.1, -0.05) is 23.7 Å². The van der Waals surface area contributed by atoms with Crippen LogP contribution < -0.4 is 115 Å². The molecule has 0 unspecified atom stereocenters. The van der Waals surface area contributed by atoms with E-state index >= 15 is 0 Å². The molecule has 0 aliphatic heterocycles. The molecule has 29 heteroatoms. The number of aromatic nitrogens is 6. The first-order valence-corrected chi connectivity index (χ1v) is 26.2. The predicted molar refractivity (Wildman–Crippen MR) is 342 cm³/mol. The Morgan fingerprint density at radius 1 is 0.500 bits per heavy atom. The van der Waals surface area contributed by atoms with Crippen molar-refractivity contribution in [2.75, 3.05) is 114 Å². The van der Waals surface area contributed by atoms with Gasteiger partial charge in [-0.3, -0.25) is 19.2 Å². The molecule has 9 rings (SSSR count). The van der Waals surface area contributed by atoms with Crippen molar-refractivity contribution in [1.82, 2.24) is 28.7 Å². The number of aliphatic carboxylic acids is 3. The number of hydrogen-bond acceptors (Lipinski definition) is 19. The van der Waals surface area contributed by atoms with Gasteiger partial charge >= 0.3 is 92.6 Å². The van der Waals surface area contributed by atoms with Gasteiger partial charge < -0.3 is 90.9 Å². The zero-order valence-corrected chi connectivity index (χ0v) is 59.3. The van der Waals surface area contributed by atoms with E-state index in [4.69, 9.17) is 27.1 Å². The summed E-state index contributed by atoms with van der Waals surface area (Å²) in [5.41, 5.74) is 6.12. The van der Waals surface area contributed by atoms with Gasteiger partial charge in [-0.25, -0.2) is 21.7 Å². The van der Waals surface area contributed by atoms with Crippen LogP contribution in [0.4, 0.5) is 34.5 Å². The number of hydrogen-bond donors (Lipinski definition) is 3. The zero-order chi connectivity index (χ0) is 63.1. The second-order valence-electron chi connectivity index (χ2n) is 20.6. The van der Waals surface area contributed by atoms with E-state index in [1.54, 1.807) is 98.6 Å². The summed E-state index contributed by atoms with van der Waals surface area (Å²) in [6.07, 6.45) is 0. The molecule has 0 saturated heterocycles. The first kappa shape index (κ1) is 79.3. The molecule has 0 amide bonds. The molecule has 0 bridgehead atoms. The van der Waals surface area contributed by atoms with E-state index in [9.17, 15) is 44.1 Å². The first-order chi connectivity index (χ1) is 39.4. The van der Waals surface area contributed by atoms with Crippen LogP contribution in [0.2, 0.25) is 11.8 Å². The van der Waals surface area contributed by atoms with Crippen LogP contribution in [-0.2, 0) is 54.4 Å². The van der Waals surface area contributed by atoms with Crippen LogP contribution in [0.15, 0.2) is 87.2 Å². The molecule has 3 aromatic carbocycles. The summed E-state index contributed by atoms with van der Waals surface area (Å²) < 4.78 is 4.68. The Hall–Kier alpha value is -6.66. The number of halogens is 1. The number of benzene rings is 3. The number of pyridine rings is 6.